The molecule has 0 unspecified atom stereocenters. The summed E-state index contributed by atoms with van der Waals surface area (Å²) in [4.78, 5) is 0. The molecule has 0 aliphatic heterocycles. The molecule has 0 atom stereocenters. The minimum Gasteiger partial charge on any atom is -0.396 e. The van der Waals surface area contributed by atoms with Crippen LogP contribution in [0.2, 0.25) is 0 Å². The zero-order valence-electron chi connectivity index (χ0n) is 11.2. The first-order chi connectivity index (χ1) is 7.74. The Labute approximate surface area is 101 Å². The lowest BCUT2D eigenvalue weighted by molar-refractivity contribution is 0.0357. The zero-order valence-corrected chi connectivity index (χ0v) is 11.2. The van der Waals surface area contributed by atoms with E-state index >= 15 is 0 Å². The summed E-state index contributed by atoms with van der Waals surface area (Å²) in [6, 6.07) is 0. The van der Waals surface area contributed by atoms with Crippen molar-refractivity contribution in [2.75, 3.05) is 13.2 Å². The monoisotopic (exact) mass is 230 g/mol. The van der Waals surface area contributed by atoms with Gasteiger partial charge in [0, 0.05) is 5.41 Å². The Hall–Kier alpha value is -0.0800. The Morgan fingerprint density at radius 1 is 0.688 bits per heavy atom. The van der Waals surface area contributed by atoms with Crippen LogP contribution in [0, 0.1) is 5.41 Å². The van der Waals surface area contributed by atoms with Crippen LogP contribution in [0.5, 0.6) is 0 Å². The Balaban J connectivity index is 3.82. The fourth-order valence-corrected chi connectivity index (χ4v) is 2.15. The molecule has 0 bridgehead atoms. The van der Waals surface area contributed by atoms with Crippen LogP contribution in [0.3, 0.4) is 0 Å². The van der Waals surface area contributed by atoms with Crippen molar-refractivity contribution in [1.29, 1.82) is 0 Å². The van der Waals surface area contributed by atoms with Crippen LogP contribution in [-0.4, -0.2) is 23.4 Å². The predicted octanol–water partition coefficient (Wildman–Crippen LogP) is 3.51. The number of hydrogen-bond donors (Lipinski definition) is 2. The van der Waals surface area contributed by atoms with Gasteiger partial charge in [-0.3, -0.25) is 0 Å². The van der Waals surface area contributed by atoms with Gasteiger partial charge in [-0.25, -0.2) is 0 Å². The summed E-state index contributed by atoms with van der Waals surface area (Å²) < 4.78 is 0. The van der Waals surface area contributed by atoms with Crippen molar-refractivity contribution in [3.05, 3.63) is 0 Å². The third-order valence-corrected chi connectivity index (χ3v) is 3.54. The average molecular weight is 230 g/mol. The minimum absolute atomic E-state index is 0.136. The lowest BCUT2D eigenvalue weighted by atomic mass is 9.79. The molecule has 0 saturated heterocycles. The maximum Gasteiger partial charge on any atom is 0.0509 e. The van der Waals surface area contributed by atoms with Crippen LogP contribution < -0.4 is 0 Å². The summed E-state index contributed by atoms with van der Waals surface area (Å²) >= 11 is 0. The molecule has 0 spiro atoms. The Kier molecular flexibility index (Phi) is 10.0. The molecule has 2 nitrogen and oxygen atoms in total. The van der Waals surface area contributed by atoms with Crippen molar-refractivity contribution >= 4 is 0 Å². The van der Waals surface area contributed by atoms with Crippen LogP contribution in [0.15, 0.2) is 0 Å². The molecule has 0 aliphatic carbocycles. The van der Waals surface area contributed by atoms with E-state index in [0.717, 1.165) is 32.1 Å². The van der Waals surface area contributed by atoms with Crippen molar-refractivity contribution in [3.8, 4) is 0 Å². The molecule has 2 N–H and O–H groups in total. The molecule has 0 rings (SSSR count). The van der Waals surface area contributed by atoms with Gasteiger partial charge >= 0.3 is 0 Å². The third kappa shape index (κ3) is 6.49. The van der Waals surface area contributed by atoms with E-state index < -0.39 is 0 Å². The standard InChI is InChI=1S/C14H30O2/c1-3-5-7-8-9-11-14(12-15,13-16)10-6-4-2/h15-16H,3-13H2,1-2H3. The van der Waals surface area contributed by atoms with E-state index in [-0.39, 0.29) is 18.6 Å². The molecule has 0 aromatic rings. The van der Waals surface area contributed by atoms with Crippen molar-refractivity contribution in [2.45, 2.75) is 71.6 Å². The maximum atomic E-state index is 9.45. The molecule has 0 aromatic heterocycles. The fraction of sp³-hybridized carbons (Fsp3) is 1.00. The summed E-state index contributed by atoms with van der Waals surface area (Å²) in [5, 5.41) is 18.9. The van der Waals surface area contributed by atoms with Gasteiger partial charge in [0.15, 0.2) is 0 Å². The lowest BCUT2D eigenvalue weighted by Crippen LogP contribution is -2.29. The highest BCUT2D eigenvalue weighted by Gasteiger charge is 2.27. The van der Waals surface area contributed by atoms with Gasteiger partial charge in [-0.05, 0) is 12.8 Å². The molecule has 0 saturated carbocycles. The largest absolute Gasteiger partial charge is 0.396 e. The van der Waals surface area contributed by atoms with Gasteiger partial charge in [0.25, 0.3) is 0 Å². The number of rotatable bonds is 11. The summed E-state index contributed by atoms with van der Waals surface area (Å²) in [5.74, 6) is 0. The van der Waals surface area contributed by atoms with Crippen molar-refractivity contribution in [1.82, 2.24) is 0 Å². The normalized spacial score (nSPS) is 12.0. The van der Waals surface area contributed by atoms with E-state index in [1.165, 1.54) is 25.7 Å². The Bertz CT molecular complexity index is 142. The molecule has 2 heteroatoms. The lowest BCUT2D eigenvalue weighted by Gasteiger charge is -2.29. The summed E-state index contributed by atoms with van der Waals surface area (Å²) in [5.41, 5.74) is -0.206. The number of aliphatic hydroxyl groups excluding tert-OH is 2. The molecule has 0 amide bonds. The predicted molar refractivity (Wildman–Crippen MR) is 69.5 cm³/mol. The fourth-order valence-electron chi connectivity index (χ4n) is 2.15. The summed E-state index contributed by atoms with van der Waals surface area (Å²) in [6.07, 6.45) is 10.4. The smallest absolute Gasteiger partial charge is 0.0509 e. The van der Waals surface area contributed by atoms with Crippen LogP contribution in [0.1, 0.15) is 71.6 Å². The van der Waals surface area contributed by atoms with Crippen LogP contribution in [0.4, 0.5) is 0 Å². The van der Waals surface area contributed by atoms with Crippen LogP contribution >= 0.6 is 0 Å². The number of hydrogen-bond acceptors (Lipinski definition) is 2. The van der Waals surface area contributed by atoms with E-state index in [9.17, 15) is 10.2 Å². The van der Waals surface area contributed by atoms with Crippen molar-refractivity contribution < 1.29 is 10.2 Å². The minimum atomic E-state index is -0.206. The second kappa shape index (κ2) is 10.1. The molecule has 0 aliphatic rings. The quantitative estimate of drug-likeness (QED) is 0.533. The first kappa shape index (κ1) is 15.9. The van der Waals surface area contributed by atoms with E-state index in [4.69, 9.17) is 0 Å². The second-order valence-corrected chi connectivity index (χ2v) is 5.08. The number of aliphatic hydroxyl groups is 2. The molecular formula is C14H30O2. The van der Waals surface area contributed by atoms with Crippen LogP contribution in [0.25, 0.3) is 0 Å². The first-order valence-electron chi connectivity index (χ1n) is 6.96. The second-order valence-electron chi connectivity index (χ2n) is 5.08. The average Bonchev–Trinajstić information content (AvgIpc) is 2.33. The summed E-state index contributed by atoms with van der Waals surface area (Å²) in [6.45, 7) is 4.64. The molecule has 0 aromatic carbocycles. The van der Waals surface area contributed by atoms with Gasteiger partial charge in [0.05, 0.1) is 13.2 Å². The summed E-state index contributed by atoms with van der Waals surface area (Å²) in [7, 11) is 0. The molecule has 0 heterocycles. The maximum absolute atomic E-state index is 9.45. The topological polar surface area (TPSA) is 40.5 Å². The number of unbranched alkanes of at least 4 members (excludes halogenated alkanes) is 5. The van der Waals surface area contributed by atoms with Gasteiger partial charge in [0.1, 0.15) is 0 Å². The van der Waals surface area contributed by atoms with E-state index in [2.05, 4.69) is 13.8 Å². The molecular weight excluding hydrogens is 200 g/mol. The zero-order chi connectivity index (χ0) is 12.3. The highest BCUT2D eigenvalue weighted by molar-refractivity contribution is 4.77. The molecule has 0 radical (unpaired) electrons. The third-order valence-electron chi connectivity index (χ3n) is 3.54. The highest BCUT2D eigenvalue weighted by Crippen LogP contribution is 2.30. The van der Waals surface area contributed by atoms with E-state index in [1.807, 2.05) is 0 Å². The molecule has 0 fully saturated rings. The van der Waals surface area contributed by atoms with Gasteiger partial charge < -0.3 is 10.2 Å². The van der Waals surface area contributed by atoms with Gasteiger partial charge in [-0.2, -0.15) is 0 Å². The van der Waals surface area contributed by atoms with Gasteiger partial charge in [0.2, 0.25) is 0 Å². The van der Waals surface area contributed by atoms with E-state index in [0.29, 0.717) is 0 Å². The Morgan fingerprint density at radius 2 is 1.19 bits per heavy atom. The highest BCUT2D eigenvalue weighted by atomic mass is 16.3. The van der Waals surface area contributed by atoms with Crippen molar-refractivity contribution in [3.63, 3.8) is 0 Å². The van der Waals surface area contributed by atoms with Crippen LogP contribution in [-0.2, 0) is 0 Å². The first-order valence-corrected chi connectivity index (χ1v) is 6.96. The van der Waals surface area contributed by atoms with E-state index in [1.54, 1.807) is 0 Å². The molecule has 16 heavy (non-hydrogen) atoms. The Morgan fingerprint density at radius 3 is 1.69 bits per heavy atom. The van der Waals surface area contributed by atoms with Gasteiger partial charge in [-0.15, -0.1) is 0 Å². The van der Waals surface area contributed by atoms with Gasteiger partial charge in [-0.1, -0.05) is 58.8 Å². The SMILES string of the molecule is CCCCCCCC(CO)(CO)CCCC. The molecule has 98 valence electrons. The van der Waals surface area contributed by atoms with Crippen molar-refractivity contribution in [2.24, 2.45) is 5.41 Å².